The van der Waals surface area contributed by atoms with Gasteiger partial charge in [0.05, 0.1) is 6.26 Å². The molecule has 46 valence electrons. The highest BCUT2D eigenvalue weighted by molar-refractivity contribution is 6.34. The lowest BCUT2D eigenvalue weighted by Gasteiger charge is -1.94. The summed E-state index contributed by atoms with van der Waals surface area (Å²) in [5.41, 5.74) is 6.60. The molecular weight excluding hydrogens is 118 g/mol. The lowest BCUT2D eigenvalue weighted by atomic mass is 10.6. The van der Waals surface area contributed by atoms with E-state index in [0.29, 0.717) is 0 Å². The van der Waals surface area contributed by atoms with Crippen LogP contribution in [0.15, 0.2) is 24.1 Å². The fraction of sp³-hybridized carbons (Fsp3) is 0.200. The van der Waals surface area contributed by atoms with Crippen molar-refractivity contribution in [3.63, 3.8) is 0 Å². The van der Waals surface area contributed by atoms with Gasteiger partial charge in [-0.1, -0.05) is 11.8 Å². The summed E-state index contributed by atoms with van der Waals surface area (Å²) in [6.07, 6.45) is 5.67. The van der Waals surface area contributed by atoms with Crippen LogP contribution in [-0.4, -0.2) is 16.8 Å². The van der Waals surface area contributed by atoms with Crippen molar-refractivity contribution in [3.05, 3.63) is 24.1 Å². The molecule has 0 saturated heterocycles. The molecule has 0 atom stereocenters. The standard InChI is InChI=1S/C4H6OSi.CH5N/c1-2-4-6-5-3-1;1-2/h1-4H,6H2;2H2,1H3. The maximum atomic E-state index is 4.94. The molecule has 2 N–H and O–H groups in total. The van der Waals surface area contributed by atoms with Crippen LogP contribution in [0, 0.1) is 0 Å². The average molecular weight is 129 g/mol. The minimum atomic E-state index is -0.259. The van der Waals surface area contributed by atoms with Gasteiger partial charge in [0.2, 0.25) is 9.76 Å². The zero-order chi connectivity index (χ0) is 6.24. The quantitative estimate of drug-likeness (QED) is 0.456. The first-order valence-corrected chi connectivity index (χ1v) is 3.90. The minimum absolute atomic E-state index is 0.259. The Morgan fingerprint density at radius 2 is 2.12 bits per heavy atom. The van der Waals surface area contributed by atoms with Crippen molar-refractivity contribution in [2.75, 3.05) is 7.05 Å². The fourth-order valence-corrected chi connectivity index (χ4v) is 0.948. The molecule has 1 rings (SSSR count). The number of hydrogen-bond donors (Lipinski definition) is 1. The van der Waals surface area contributed by atoms with Gasteiger partial charge in [0.15, 0.2) is 0 Å². The van der Waals surface area contributed by atoms with Gasteiger partial charge in [0.1, 0.15) is 0 Å². The first-order chi connectivity index (χ1) is 4.00. The van der Waals surface area contributed by atoms with E-state index in [-0.39, 0.29) is 9.76 Å². The van der Waals surface area contributed by atoms with Crippen molar-refractivity contribution < 1.29 is 4.43 Å². The molecule has 0 aliphatic carbocycles. The van der Waals surface area contributed by atoms with E-state index < -0.39 is 0 Å². The summed E-state index contributed by atoms with van der Waals surface area (Å²) >= 11 is 0. The summed E-state index contributed by atoms with van der Waals surface area (Å²) in [4.78, 5) is 0. The molecule has 0 radical (unpaired) electrons. The van der Waals surface area contributed by atoms with Crippen LogP contribution in [-0.2, 0) is 4.43 Å². The van der Waals surface area contributed by atoms with Crippen LogP contribution >= 0.6 is 0 Å². The van der Waals surface area contributed by atoms with Crippen LogP contribution in [0.25, 0.3) is 0 Å². The third-order valence-electron chi connectivity index (χ3n) is 0.614. The second-order valence-corrected chi connectivity index (χ2v) is 2.23. The molecule has 3 heteroatoms. The van der Waals surface area contributed by atoms with Crippen LogP contribution in [0.2, 0.25) is 0 Å². The Labute approximate surface area is 52.0 Å². The Kier molecular flexibility index (Phi) is 6.02. The maximum absolute atomic E-state index is 4.94. The fourth-order valence-electron chi connectivity index (χ4n) is 0.346. The van der Waals surface area contributed by atoms with Gasteiger partial charge in [-0.3, -0.25) is 0 Å². The predicted molar refractivity (Wildman–Crippen MR) is 38.0 cm³/mol. The summed E-state index contributed by atoms with van der Waals surface area (Å²) in [6, 6.07) is 0. The number of hydrogen-bond acceptors (Lipinski definition) is 2. The van der Waals surface area contributed by atoms with Gasteiger partial charge in [0, 0.05) is 0 Å². The summed E-state index contributed by atoms with van der Waals surface area (Å²) in [6.45, 7) is 0. The van der Waals surface area contributed by atoms with Gasteiger partial charge >= 0.3 is 0 Å². The van der Waals surface area contributed by atoms with Crippen LogP contribution < -0.4 is 5.73 Å². The van der Waals surface area contributed by atoms with Gasteiger partial charge in [0.25, 0.3) is 0 Å². The van der Waals surface area contributed by atoms with Gasteiger partial charge in [-0.15, -0.1) is 0 Å². The Hall–Kier alpha value is -0.543. The van der Waals surface area contributed by atoms with E-state index in [1.165, 1.54) is 7.05 Å². The predicted octanol–water partition coefficient (Wildman–Crippen LogP) is -0.297. The first-order valence-electron chi connectivity index (χ1n) is 2.51. The summed E-state index contributed by atoms with van der Waals surface area (Å²) < 4.78 is 4.94. The van der Waals surface area contributed by atoms with Crippen molar-refractivity contribution in [2.24, 2.45) is 5.73 Å². The van der Waals surface area contributed by atoms with Gasteiger partial charge < -0.3 is 10.2 Å². The van der Waals surface area contributed by atoms with Crippen molar-refractivity contribution in [3.8, 4) is 0 Å². The molecule has 0 saturated carbocycles. The maximum Gasteiger partial charge on any atom is 0.243 e. The number of rotatable bonds is 0. The molecule has 0 spiro atoms. The molecule has 0 fully saturated rings. The highest BCUT2D eigenvalue weighted by Gasteiger charge is 1.77. The summed E-state index contributed by atoms with van der Waals surface area (Å²) in [7, 11) is 1.24. The van der Waals surface area contributed by atoms with Crippen LogP contribution in [0.4, 0.5) is 0 Å². The van der Waals surface area contributed by atoms with Crippen molar-refractivity contribution in [1.82, 2.24) is 0 Å². The highest BCUT2D eigenvalue weighted by atomic mass is 28.2. The zero-order valence-corrected chi connectivity index (χ0v) is 6.42. The largest absolute Gasteiger partial charge is 0.551 e. The van der Waals surface area contributed by atoms with E-state index in [1.807, 2.05) is 12.2 Å². The van der Waals surface area contributed by atoms with Crippen molar-refractivity contribution in [2.45, 2.75) is 0 Å². The van der Waals surface area contributed by atoms with Crippen molar-refractivity contribution in [1.29, 1.82) is 0 Å². The normalized spacial score (nSPS) is 16.8. The van der Waals surface area contributed by atoms with Gasteiger partial charge in [-0.2, -0.15) is 0 Å². The molecule has 2 nitrogen and oxygen atoms in total. The molecule has 0 aromatic rings. The Bertz CT molecular complexity index is 78.4. The molecule has 8 heavy (non-hydrogen) atoms. The smallest absolute Gasteiger partial charge is 0.243 e. The van der Waals surface area contributed by atoms with Crippen LogP contribution in [0.3, 0.4) is 0 Å². The van der Waals surface area contributed by atoms with Crippen LogP contribution in [0.5, 0.6) is 0 Å². The summed E-state index contributed by atoms with van der Waals surface area (Å²) in [5.74, 6) is 0. The van der Waals surface area contributed by atoms with Crippen LogP contribution in [0.1, 0.15) is 0 Å². The molecular formula is C5H11NOSi. The zero-order valence-electron chi connectivity index (χ0n) is 5.00. The molecule has 1 heterocycles. The summed E-state index contributed by atoms with van der Waals surface area (Å²) in [5, 5.41) is 0. The SMILES string of the molecule is C1=CO[SiH2]C=C1.CN. The monoisotopic (exact) mass is 129 g/mol. The third-order valence-corrected chi connectivity index (χ3v) is 1.46. The average Bonchev–Trinajstić information content (AvgIpc) is 1.96. The molecule has 1 aliphatic rings. The van der Waals surface area contributed by atoms with E-state index in [2.05, 4.69) is 11.4 Å². The van der Waals surface area contributed by atoms with E-state index in [9.17, 15) is 0 Å². The topological polar surface area (TPSA) is 35.2 Å². The van der Waals surface area contributed by atoms with E-state index in [1.54, 1.807) is 6.26 Å². The molecule has 1 aliphatic heterocycles. The van der Waals surface area contributed by atoms with Gasteiger partial charge in [-0.05, 0) is 13.1 Å². The molecule has 0 aromatic heterocycles. The number of nitrogens with two attached hydrogens (primary N) is 1. The molecule has 0 aromatic carbocycles. The second-order valence-electron chi connectivity index (χ2n) is 1.09. The molecule has 0 amide bonds. The van der Waals surface area contributed by atoms with E-state index in [4.69, 9.17) is 4.43 Å². The highest BCUT2D eigenvalue weighted by Crippen LogP contribution is 1.84. The second kappa shape index (κ2) is 6.46. The first kappa shape index (κ1) is 7.46. The van der Waals surface area contributed by atoms with E-state index >= 15 is 0 Å². The molecule has 0 bridgehead atoms. The Balaban J connectivity index is 0.000000222. The van der Waals surface area contributed by atoms with Crippen molar-refractivity contribution >= 4 is 9.76 Å². The molecule has 0 unspecified atom stereocenters. The van der Waals surface area contributed by atoms with E-state index in [0.717, 1.165) is 0 Å². The lowest BCUT2D eigenvalue weighted by molar-refractivity contribution is 0.520. The lowest BCUT2D eigenvalue weighted by Crippen LogP contribution is -1.88. The minimum Gasteiger partial charge on any atom is -0.551 e. The number of allylic oxidation sites excluding steroid dienone is 2. The third kappa shape index (κ3) is 3.64. The van der Waals surface area contributed by atoms with Gasteiger partial charge in [-0.25, -0.2) is 0 Å². The Morgan fingerprint density at radius 1 is 1.38 bits per heavy atom. The Morgan fingerprint density at radius 3 is 2.25 bits per heavy atom.